The molecule has 0 aliphatic carbocycles. The van der Waals surface area contributed by atoms with Gasteiger partial charge in [0.2, 0.25) is 5.91 Å². The Labute approximate surface area is 176 Å². The molecule has 0 spiro atoms. The lowest BCUT2D eigenvalue weighted by Crippen LogP contribution is -2.33. The smallest absolute Gasteiger partial charge is 0.258 e. The van der Waals surface area contributed by atoms with Gasteiger partial charge < -0.3 is 10.2 Å². The van der Waals surface area contributed by atoms with Crippen LogP contribution in [0.25, 0.3) is 5.70 Å². The lowest BCUT2D eigenvalue weighted by Gasteiger charge is -2.22. The van der Waals surface area contributed by atoms with Crippen molar-refractivity contribution in [1.29, 1.82) is 0 Å². The van der Waals surface area contributed by atoms with E-state index in [1.807, 2.05) is 79.7 Å². The second-order valence-corrected chi connectivity index (χ2v) is 7.52. The summed E-state index contributed by atoms with van der Waals surface area (Å²) in [7, 11) is 0. The predicted molar refractivity (Wildman–Crippen MR) is 119 cm³/mol. The van der Waals surface area contributed by atoms with Gasteiger partial charge >= 0.3 is 0 Å². The summed E-state index contributed by atoms with van der Waals surface area (Å²) >= 11 is 0. The third-order valence-corrected chi connectivity index (χ3v) is 5.45. The first-order valence-corrected chi connectivity index (χ1v) is 10.1. The molecular weight excluding hydrogens is 372 g/mol. The fraction of sp³-hybridized carbons (Fsp3) is 0.154. The Morgan fingerprint density at radius 2 is 1.50 bits per heavy atom. The Morgan fingerprint density at radius 3 is 2.17 bits per heavy atom. The normalized spacial score (nSPS) is 13.8. The van der Waals surface area contributed by atoms with E-state index >= 15 is 0 Å². The fourth-order valence-corrected chi connectivity index (χ4v) is 3.78. The van der Waals surface area contributed by atoms with Crippen LogP contribution in [-0.2, 0) is 4.79 Å². The molecule has 4 heteroatoms. The molecule has 4 nitrogen and oxygen atoms in total. The first-order chi connectivity index (χ1) is 14.5. The number of carbonyl (C=O) groups excluding carboxylic acids is 2. The van der Waals surface area contributed by atoms with Crippen molar-refractivity contribution in [2.24, 2.45) is 0 Å². The molecule has 1 aliphatic heterocycles. The number of hydrogen-bond acceptors (Lipinski definition) is 2. The van der Waals surface area contributed by atoms with Crippen LogP contribution in [0.15, 0.2) is 85.4 Å². The van der Waals surface area contributed by atoms with Crippen molar-refractivity contribution < 1.29 is 9.59 Å². The summed E-state index contributed by atoms with van der Waals surface area (Å²) in [5, 5.41) is 3.14. The second kappa shape index (κ2) is 8.37. The number of nitrogens with zero attached hydrogens (tertiary/aromatic N) is 1. The Hall–Kier alpha value is -3.66. The molecule has 0 radical (unpaired) electrons. The number of amides is 2. The lowest BCUT2D eigenvalue weighted by atomic mass is 9.97. The topological polar surface area (TPSA) is 49.4 Å². The number of carbonyl (C=O) groups is 2. The number of nitrogens with one attached hydrogen (secondary N) is 1. The summed E-state index contributed by atoms with van der Waals surface area (Å²) in [5.41, 5.74) is 5.34. The van der Waals surface area contributed by atoms with Crippen LogP contribution >= 0.6 is 0 Å². The van der Waals surface area contributed by atoms with Crippen LogP contribution in [0.4, 0.5) is 0 Å². The first-order valence-electron chi connectivity index (χ1n) is 10.1. The van der Waals surface area contributed by atoms with Crippen LogP contribution in [-0.4, -0.2) is 23.3 Å². The van der Waals surface area contributed by atoms with Crippen molar-refractivity contribution in [3.63, 3.8) is 0 Å². The highest BCUT2D eigenvalue weighted by molar-refractivity contribution is 6.08. The molecule has 30 heavy (non-hydrogen) atoms. The van der Waals surface area contributed by atoms with E-state index in [0.29, 0.717) is 17.8 Å². The lowest BCUT2D eigenvalue weighted by molar-refractivity contribution is -0.121. The third kappa shape index (κ3) is 3.90. The quantitative estimate of drug-likeness (QED) is 0.656. The third-order valence-electron chi connectivity index (χ3n) is 5.45. The monoisotopic (exact) mass is 396 g/mol. The molecular formula is C26H24N2O2. The SMILES string of the molecule is C=C1c2ccccc2C(=O)N1CCC(=O)NC(c1ccccc1)c1ccc(C)cc1. The summed E-state index contributed by atoms with van der Waals surface area (Å²) in [6.07, 6.45) is 0.202. The number of rotatable bonds is 6. The molecule has 0 aromatic heterocycles. The molecule has 0 saturated heterocycles. The summed E-state index contributed by atoms with van der Waals surface area (Å²) in [5.74, 6) is -0.206. The van der Waals surface area contributed by atoms with Crippen LogP contribution in [0, 0.1) is 6.92 Å². The van der Waals surface area contributed by atoms with E-state index in [2.05, 4.69) is 11.9 Å². The Balaban J connectivity index is 1.47. The molecule has 3 aromatic carbocycles. The van der Waals surface area contributed by atoms with Crippen LogP contribution in [0.1, 0.15) is 45.1 Å². The minimum atomic E-state index is -0.242. The average molecular weight is 396 g/mol. The molecule has 150 valence electrons. The maximum atomic E-state index is 12.8. The van der Waals surface area contributed by atoms with Crippen molar-refractivity contribution in [2.75, 3.05) is 6.54 Å². The molecule has 0 bridgehead atoms. The van der Waals surface area contributed by atoms with Gasteiger partial charge in [0.1, 0.15) is 0 Å². The number of fused-ring (bicyclic) bond motifs is 1. The standard InChI is InChI=1S/C26H24N2O2/c1-18-12-14-21(15-13-18)25(20-8-4-3-5-9-20)27-24(29)16-17-28-19(2)22-10-6-7-11-23(22)26(28)30/h3-15,25H,2,16-17H2,1H3,(H,27,29). The van der Waals surface area contributed by atoms with E-state index < -0.39 is 0 Å². The zero-order valence-corrected chi connectivity index (χ0v) is 17.0. The van der Waals surface area contributed by atoms with Gasteiger partial charge in [0.25, 0.3) is 5.91 Å². The van der Waals surface area contributed by atoms with E-state index in [-0.39, 0.29) is 24.3 Å². The fourth-order valence-electron chi connectivity index (χ4n) is 3.78. The molecule has 1 N–H and O–H groups in total. The molecule has 1 unspecified atom stereocenters. The molecule has 0 fully saturated rings. The summed E-state index contributed by atoms with van der Waals surface area (Å²) in [6.45, 7) is 6.38. The van der Waals surface area contributed by atoms with Gasteiger partial charge in [-0.15, -0.1) is 0 Å². The molecule has 0 saturated carbocycles. The Kier molecular flexibility index (Phi) is 5.48. The second-order valence-electron chi connectivity index (χ2n) is 7.52. The number of hydrogen-bond donors (Lipinski definition) is 1. The van der Waals surface area contributed by atoms with Gasteiger partial charge in [0, 0.05) is 29.8 Å². The van der Waals surface area contributed by atoms with Crippen LogP contribution < -0.4 is 5.32 Å². The molecule has 1 heterocycles. The van der Waals surface area contributed by atoms with Crippen LogP contribution in [0.3, 0.4) is 0 Å². The highest BCUT2D eigenvalue weighted by Gasteiger charge is 2.30. The summed E-state index contributed by atoms with van der Waals surface area (Å²) in [4.78, 5) is 27.1. The summed E-state index contributed by atoms with van der Waals surface area (Å²) in [6, 6.07) is 25.2. The molecule has 1 aliphatic rings. The highest BCUT2D eigenvalue weighted by atomic mass is 16.2. The van der Waals surface area contributed by atoms with Gasteiger partial charge in [-0.05, 0) is 24.1 Å². The van der Waals surface area contributed by atoms with Crippen molar-refractivity contribution in [3.8, 4) is 0 Å². The van der Waals surface area contributed by atoms with Gasteiger partial charge in [0.15, 0.2) is 0 Å². The summed E-state index contributed by atoms with van der Waals surface area (Å²) < 4.78 is 0. The van der Waals surface area contributed by atoms with Gasteiger partial charge in [-0.1, -0.05) is 84.9 Å². The maximum absolute atomic E-state index is 12.8. The minimum Gasteiger partial charge on any atom is -0.345 e. The minimum absolute atomic E-state index is 0.0958. The van der Waals surface area contributed by atoms with Gasteiger partial charge in [-0.3, -0.25) is 9.59 Å². The molecule has 2 amide bonds. The van der Waals surface area contributed by atoms with E-state index in [1.54, 1.807) is 11.0 Å². The number of benzene rings is 3. The van der Waals surface area contributed by atoms with E-state index in [4.69, 9.17) is 0 Å². The van der Waals surface area contributed by atoms with Crippen molar-refractivity contribution >= 4 is 17.5 Å². The number of aryl methyl sites for hydroxylation is 1. The van der Waals surface area contributed by atoms with Gasteiger partial charge in [0.05, 0.1) is 6.04 Å². The van der Waals surface area contributed by atoms with Crippen molar-refractivity contribution in [1.82, 2.24) is 10.2 Å². The molecule has 3 aromatic rings. The van der Waals surface area contributed by atoms with E-state index in [1.165, 1.54) is 5.56 Å². The first kappa shape index (κ1) is 19.6. The van der Waals surface area contributed by atoms with Gasteiger partial charge in [-0.2, -0.15) is 0 Å². The van der Waals surface area contributed by atoms with E-state index in [9.17, 15) is 9.59 Å². The maximum Gasteiger partial charge on any atom is 0.258 e. The van der Waals surface area contributed by atoms with E-state index in [0.717, 1.165) is 16.7 Å². The zero-order chi connectivity index (χ0) is 21.1. The average Bonchev–Trinajstić information content (AvgIpc) is 3.02. The van der Waals surface area contributed by atoms with Gasteiger partial charge in [-0.25, -0.2) is 0 Å². The highest BCUT2D eigenvalue weighted by Crippen LogP contribution is 2.31. The largest absolute Gasteiger partial charge is 0.345 e. The zero-order valence-electron chi connectivity index (χ0n) is 17.0. The molecule has 1 atom stereocenters. The van der Waals surface area contributed by atoms with Crippen molar-refractivity contribution in [2.45, 2.75) is 19.4 Å². The Bertz CT molecular complexity index is 1050. The molecule has 4 rings (SSSR count). The predicted octanol–water partition coefficient (Wildman–Crippen LogP) is 4.72. The van der Waals surface area contributed by atoms with Crippen LogP contribution in [0.5, 0.6) is 0 Å². The Morgan fingerprint density at radius 1 is 0.900 bits per heavy atom. The van der Waals surface area contributed by atoms with Crippen molar-refractivity contribution in [3.05, 3.63) is 113 Å². The van der Waals surface area contributed by atoms with Crippen LogP contribution in [0.2, 0.25) is 0 Å².